The number of thiophene rings is 1. The van der Waals surface area contributed by atoms with E-state index in [-0.39, 0.29) is 11.9 Å². The van der Waals surface area contributed by atoms with Gasteiger partial charge in [0, 0.05) is 12.4 Å². The summed E-state index contributed by atoms with van der Waals surface area (Å²) in [5.74, 6) is -0.876. The van der Waals surface area contributed by atoms with E-state index in [1.807, 2.05) is 24.3 Å². The van der Waals surface area contributed by atoms with Gasteiger partial charge in [0.15, 0.2) is 6.10 Å². The first-order valence-electron chi connectivity index (χ1n) is 9.11. The van der Waals surface area contributed by atoms with Crippen molar-refractivity contribution in [2.45, 2.75) is 24.6 Å². The number of amides is 2. The molecular weight excluding hydrogens is 414 g/mol. The molecule has 4 rings (SSSR count). The summed E-state index contributed by atoms with van der Waals surface area (Å²) in [5.41, 5.74) is 2.36. The van der Waals surface area contributed by atoms with Crippen molar-refractivity contribution in [3.8, 4) is 0 Å². The molecule has 1 aliphatic rings. The smallest absolute Gasteiger partial charge is 0.268 e. The molecule has 0 radical (unpaired) electrons. The van der Waals surface area contributed by atoms with Crippen LogP contribution in [0.3, 0.4) is 0 Å². The number of carbonyl (C=O) groups excluding carboxylic acids is 2. The molecule has 3 aromatic rings. The minimum absolute atomic E-state index is 0.282. The van der Waals surface area contributed by atoms with Crippen LogP contribution in [-0.2, 0) is 11.2 Å². The van der Waals surface area contributed by atoms with Gasteiger partial charge < -0.3 is 25.4 Å². The van der Waals surface area contributed by atoms with E-state index < -0.39 is 24.7 Å². The summed E-state index contributed by atoms with van der Waals surface area (Å²) in [4.78, 5) is 30.6. The molecule has 2 amide bonds. The van der Waals surface area contributed by atoms with E-state index in [0.29, 0.717) is 16.5 Å². The fourth-order valence-corrected chi connectivity index (χ4v) is 5.02. The zero-order valence-corrected chi connectivity index (χ0v) is 17.1. The Morgan fingerprint density at radius 1 is 1.38 bits per heavy atom. The van der Waals surface area contributed by atoms with Crippen LogP contribution in [0.15, 0.2) is 36.4 Å². The van der Waals surface area contributed by atoms with Gasteiger partial charge in [-0.05, 0) is 29.7 Å². The molecule has 0 fully saturated rings. The second kappa shape index (κ2) is 7.79. The summed E-state index contributed by atoms with van der Waals surface area (Å²) >= 11 is 7.35. The van der Waals surface area contributed by atoms with Crippen LogP contribution in [0.2, 0.25) is 4.34 Å². The average Bonchev–Trinajstić information content (AvgIpc) is 3.36. The number of benzene rings is 1. The van der Waals surface area contributed by atoms with Gasteiger partial charge in [0.2, 0.25) is 0 Å². The first kappa shape index (κ1) is 19.9. The van der Waals surface area contributed by atoms with Crippen molar-refractivity contribution in [1.82, 2.24) is 15.2 Å². The number of nitrogens with zero attached hydrogens (tertiary/aromatic N) is 1. The third kappa shape index (κ3) is 3.64. The quantitative estimate of drug-likeness (QED) is 0.494. The Bertz CT molecular complexity index is 1050. The standard InChI is InChI=1S/C20H20ClN3O4S/c1-24(20(28)15(26)9-25)17-12-5-3-2-4-10(12)6-13(17)22-18(27)14-7-11-8-16(21)29-19(11)23-14/h2-5,7-8,13,15,17,23,25-26H,6,9H2,1H3,(H,22,27)/t13-,15+,17-/m1/s1. The number of carbonyl (C=O) groups is 2. The number of hydrogen-bond donors (Lipinski definition) is 4. The van der Waals surface area contributed by atoms with E-state index in [1.165, 1.54) is 16.2 Å². The van der Waals surface area contributed by atoms with Crippen molar-refractivity contribution in [3.05, 3.63) is 57.6 Å². The van der Waals surface area contributed by atoms with Crippen LogP contribution in [0.25, 0.3) is 10.2 Å². The molecule has 0 saturated carbocycles. The molecular formula is C20H20ClN3O4S. The summed E-state index contributed by atoms with van der Waals surface area (Å²) in [7, 11) is 1.57. The van der Waals surface area contributed by atoms with E-state index in [4.69, 9.17) is 16.7 Å². The summed E-state index contributed by atoms with van der Waals surface area (Å²) in [6.07, 6.45) is -0.940. The molecule has 0 spiro atoms. The predicted octanol–water partition coefficient (Wildman–Crippen LogP) is 2.09. The lowest BCUT2D eigenvalue weighted by Gasteiger charge is -2.32. The van der Waals surface area contributed by atoms with Gasteiger partial charge in [-0.3, -0.25) is 9.59 Å². The maximum Gasteiger partial charge on any atom is 0.268 e. The number of aliphatic hydroxyl groups is 2. The van der Waals surface area contributed by atoms with Gasteiger partial charge in [-0.2, -0.15) is 0 Å². The van der Waals surface area contributed by atoms with Gasteiger partial charge in [-0.15, -0.1) is 11.3 Å². The fraction of sp³-hybridized carbons (Fsp3) is 0.300. The minimum atomic E-state index is -1.50. The van der Waals surface area contributed by atoms with E-state index in [2.05, 4.69) is 10.3 Å². The van der Waals surface area contributed by atoms with Crippen molar-refractivity contribution in [1.29, 1.82) is 0 Å². The number of fused-ring (bicyclic) bond motifs is 2. The van der Waals surface area contributed by atoms with E-state index in [1.54, 1.807) is 19.2 Å². The van der Waals surface area contributed by atoms with Crippen molar-refractivity contribution in [2.75, 3.05) is 13.7 Å². The molecule has 7 nitrogen and oxygen atoms in total. The molecule has 9 heteroatoms. The first-order valence-corrected chi connectivity index (χ1v) is 10.3. The molecule has 0 saturated heterocycles. The zero-order valence-electron chi connectivity index (χ0n) is 15.6. The molecule has 29 heavy (non-hydrogen) atoms. The van der Waals surface area contributed by atoms with Gasteiger partial charge in [-0.1, -0.05) is 35.9 Å². The number of aromatic amines is 1. The lowest BCUT2D eigenvalue weighted by molar-refractivity contribution is -0.143. The highest BCUT2D eigenvalue weighted by Gasteiger charge is 2.39. The Morgan fingerprint density at radius 3 is 2.86 bits per heavy atom. The van der Waals surface area contributed by atoms with Crippen LogP contribution < -0.4 is 5.32 Å². The van der Waals surface area contributed by atoms with E-state index >= 15 is 0 Å². The number of aromatic nitrogens is 1. The normalized spacial score (nSPS) is 19.2. The molecule has 0 bridgehead atoms. The molecule has 4 N–H and O–H groups in total. The van der Waals surface area contributed by atoms with Crippen LogP contribution in [-0.4, -0.2) is 57.7 Å². The molecule has 152 valence electrons. The van der Waals surface area contributed by atoms with Gasteiger partial charge >= 0.3 is 0 Å². The van der Waals surface area contributed by atoms with Crippen molar-refractivity contribution in [3.63, 3.8) is 0 Å². The molecule has 1 aliphatic carbocycles. The number of hydrogen-bond acceptors (Lipinski definition) is 5. The number of H-pyrrole nitrogens is 1. The van der Waals surface area contributed by atoms with Crippen LogP contribution in [0.5, 0.6) is 0 Å². The Labute approximate surface area is 175 Å². The number of aliphatic hydroxyl groups excluding tert-OH is 2. The minimum Gasteiger partial charge on any atom is -0.393 e. The van der Waals surface area contributed by atoms with Crippen LogP contribution >= 0.6 is 22.9 Å². The largest absolute Gasteiger partial charge is 0.393 e. The Hall–Kier alpha value is -2.39. The van der Waals surface area contributed by atoms with Crippen LogP contribution in [0.1, 0.15) is 27.7 Å². The molecule has 0 unspecified atom stereocenters. The summed E-state index contributed by atoms with van der Waals surface area (Å²) in [6.45, 7) is -0.656. The second-order valence-corrected chi connectivity index (χ2v) is 8.78. The Balaban J connectivity index is 1.59. The van der Waals surface area contributed by atoms with Gasteiger partial charge in [0.25, 0.3) is 11.8 Å². The fourth-order valence-electron chi connectivity index (χ4n) is 3.89. The highest BCUT2D eigenvalue weighted by molar-refractivity contribution is 7.22. The molecule has 1 aromatic carbocycles. The summed E-state index contributed by atoms with van der Waals surface area (Å²) in [5, 5.41) is 22.8. The lowest BCUT2D eigenvalue weighted by atomic mass is 10.0. The Morgan fingerprint density at radius 2 is 2.14 bits per heavy atom. The number of rotatable bonds is 5. The maximum absolute atomic E-state index is 12.9. The molecule has 2 aromatic heterocycles. The van der Waals surface area contributed by atoms with E-state index in [9.17, 15) is 14.7 Å². The SMILES string of the molecule is CN(C(=O)[C@@H](O)CO)[C@@H]1c2ccccc2C[C@H]1NC(=O)c1cc2cc(Cl)sc2[nH]1. The summed E-state index contributed by atoms with van der Waals surface area (Å²) < 4.78 is 0.645. The van der Waals surface area contributed by atoms with Gasteiger partial charge in [0.05, 0.1) is 23.0 Å². The monoisotopic (exact) mass is 433 g/mol. The highest BCUT2D eigenvalue weighted by Crippen LogP contribution is 2.36. The van der Waals surface area contributed by atoms with Crippen LogP contribution in [0, 0.1) is 0 Å². The predicted molar refractivity (Wildman–Crippen MR) is 111 cm³/mol. The number of likely N-dealkylation sites (N-methyl/N-ethyl adjacent to an activating group) is 1. The van der Waals surface area contributed by atoms with Gasteiger partial charge in [0.1, 0.15) is 10.5 Å². The summed E-state index contributed by atoms with van der Waals surface area (Å²) in [6, 6.07) is 10.4. The maximum atomic E-state index is 12.9. The van der Waals surface area contributed by atoms with Crippen molar-refractivity contribution in [2.24, 2.45) is 0 Å². The Kier molecular flexibility index (Phi) is 5.35. The van der Waals surface area contributed by atoms with Crippen molar-refractivity contribution >= 4 is 45.0 Å². The highest BCUT2D eigenvalue weighted by atomic mass is 35.5. The first-order chi connectivity index (χ1) is 13.9. The molecule has 3 atom stereocenters. The average molecular weight is 434 g/mol. The third-order valence-corrected chi connectivity index (χ3v) is 6.45. The number of nitrogens with one attached hydrogen (secondary N) is 2. The second-order valence-electron chi connectivity index (χ2n) is 7.09. The third-order valence-electron chi connectivity index (χ3n) is 5.26. The topological polar surface area (TPSA) is 106 Å². The van der Waals surface area contributed by atoms with Crippen molar-refractivity contribution < 1.29 is 19.8 Å². The lowest BCUT2D eigenvalue weighted by Crippen LogP contribution is -2.48. The van der Waals surface area contributed by atoms with Gasteiger partial charge in [-0.25, -0.2) is 0 Å². The number of halogens is 1. The zero-order chi connectivity index (χ0) is 20.7. The van der Waals surface area contributed by atoms with E-state index in [0.717, 1.165) is 21.3 Å². The molecule has 0 aliphatic heterocycles. The van der Waals surface area contributed by atoms with Crippen LogP contribution in [0.4, 0.5) is 0 Å². The molecule has 2 heterocycles.